The maximum Gasteiger partial charge on any atom is 0.337 e. The zero-order valence-electron chi connectivity index (χ0n) is 10.2. The van der Waals surface area contributed by atoms with Crippen molar-refractivity contribution in [3.63, 3.8) is 0 Å². The van der Waals surface area contributed by atoms with Crippen LogP contribution in [0.4, 0.5) is 11.4 Å². The predicted molar refractivity (Wildman–Crippen MR) is 68.4 cm³/mol. The van der Waals surface area contributed by atoms with Crippen molar-refractivity contribution < 1.29 is 9.90 Å². The summed E-state index contributed by atoms with van der Waals surface area (Å²) in [5.74, 6) is 0.395. The first kappa shape index (κ1) is 11.8. The molecule has 0 aliphatic carbocycles. The van der Waals surface area contributed by atoms with E-state index in [0.29, 0.717) is 23.1 Å². The van der Waals surface area contributed by atoms with Crippen LogP contribution in [0.3, 0.4) is 0 Å². The number of hydrogen-bond donors (Lipinski definition) is 2. The molecule has 2 rings (SSSR count). The van der Waals surface area contributed by atoms with Crippen molar-refractivity contribution in [3.8, 4) is 0 Å². The topological polar surface area (TPSA) is 66.6 Å². The van der Waals surface area contributed by atoms with Crippen molar-refractivity contribution in [1.29, 1.82) is 0 Å². The Morgan fingerprint density at radius 3 is 2.65 bits per heavy atom. The molecule has 4 heteroatoms. The number of nitrogens with zero attached hydrogens (tertiary/aromatic N) is 1. The Labute approximate surface area is 101 Å². The van der Waals surface area contributed by atoms with E-state index < -0.39 is 5.97 Å². The van der Waals surface area contributed by atoms with Gasteiger partial charge in [-0.25, -0.2) is 4.79 Å². The quantitative estimate of drug-likeness (QED) is 0.786. The van der Waals surface area contributed by atoms with E-state index >= 15 is 0 Å². The van der Waals surface area contributed by atoms with Gasteiger partial charge in [0.1, 0.15) is 0 Å². The Bertz CT molecular complexity index is 437. The van der Waals surface area contributed by atoms with Gasteiger partial charge < -0.3 is 15.7 Å². The fraction of sp³-hybridized carbons (Fsp3) is 0.462. The average molecular weight is 234 g/mol. The Balaban J connectivity index is 2.21. The lowest BCUT2D eigenvalue weighted by atomic mass is 9.87. The molecule has 1 fully saturated rings. The van der Waals surface area contributed by atoms with E-state index in [0.717, 1.165) is 18.8 Å². The van der Waals surface area contributed by atoms with Crippen LogP contribution in [0.5, 0.6) is 0 Å². The van der Waals surface area contributed by atoms with Gasteiger partial charge in [0.15, 0.2) is 0 Å². The molecule has 0 bridgehead atoms. The predicted octanol–water partition coefficient (Wildman–Crippen LogP) is 2.06. The van der Waals surface area contributed by atoms with Gasteiger partial charge in [-0.05, 0) is 30.0 Å². The molecule has 0 unspecified atom stereocenters. The minimum Gasteiger partial charge on any atom is -0.478 e. The first-order valence-electron chi connectivity index (χ1n) is 5.87. The van der Waals surface area contributed by atoms with Crippen LogP contribution in [0.15, 0.2) is 18.2 Å². The van der Waals surface area contributed by atoms with Gasteiger partial charge in [0.2, 0.25) is 0 Å². The normalized spacial score (nSPS) is 16.1. The van der Waals surface area contributed by atoms with E-state index in [1.54, 1.807) is 18.2 Å². The molecular weight excluding hydrogens is 216 g/mol. The first-order valence-corrected chi connectivity index (χ1v) is 5.87. The van der Waals surface area contributed by atoms with E-state index in [1.807, 2.05) is 0 Å². The van der Waals surface area contributed by atoms with E-state index in [1.165, 1.54) is 0 Å². The van der Waals surface area contributed by atoms with Gasteiger partial charge >= 0.3 is 5.97 Å². The molecule has 1 aliphatic rings. The van der Waals surface area contributed by atoms with Gasteiger partial charge in [0, 0.05) is 18.8 Å². The monoisotopic (exact) mass is 234 g/mol. The molecule has 0 atom stereocenters. The molecular formula is C13H18N2O2. The molecule has 0 aromatic heterocycles. The molecule has 1 aliphatic heterocycles. The fourth-order valence-corrected chi connectivity index (χ4v) is 2.12. The van der Waals surface area contributed by atoms with E-state index in [-0.39, 0.29) is 0 Å². The molecule has 3 N–H and O–H groups in total. The lowest BCUT2D eigenvalue weighted by molar-refractivity contribution is 0.0697. The molecule has 0 saturated carbocycles. The van der Waals surface area contributed by atoms with Gasteiger partial charge in [0.25, 0.3) is 0 Å². The third-order valence-corrected chi connectivity index (χ3v) is 3.45. The van der Waals surface area contributed by atoms with Crippen LogP contribution in [-0.2, 0) is 0 Å². The number of carbonyl (C=O) groups is 1. The molecule has 1 heterocycles. The highest BCUT2D eigenvalue weighted by Gasteiger charge is 2.31. The zero-order valence-corrected chi connectivity index (χ0v) is 10.2. The number of nitrogen functional groups attached to an aromatic ring is 1. The molecule has 92 valence electrons. The molecule has 1 aromatic rings. The average Bonchev–Trinajstić information content (AvgIpc) is 2.14. The molecule has 17 heavy (non-hydrogen) atoms. The Kier molecular flexibility index (Phi) is 2.96. The first-order chi connectivity index (χ1) is 7.99. The molecule has 0 spiro atoms. The van der Waals surface area contributed by atoms with Gasteiger partial charge in [-0.15, -0.1) is 0 Å². The van der Waals surface area contributed by atoms with Gasteiger partial charge in [-0.3, -0.25) is 0 Å². The van der Waals surface area contributed by atoms with E-state index in [9.17, 15) is 4.79 Å². The summed E-state index contributed by atoms with van der Waals surface area (Å²) in [5.41, 5.74) is 7.41. The lowest BCUT2D eigenvalue weighted by Crippen LogP contribution is -2.49. The number of carboxylic acid groups (broad SMARTS) is 1. The second-order valence-electron chi connectivity index (χ2n) is 4.99. The molecule has 0 amide bonds. The van der Waals surface area contributed by atoms with Crippen molar-refractivity contribution in [3.05, 3.63) is 23.8 Å². The number of benzene rings is 1. The highest BCUT2D eigenvalue weighted by molar-refractivity contribution is 5.95. The number of hydrogen-bond acceptors (Lipinski definition) is 3. The molecule has 1 aromatic carbocycles. The van der Waals surface area contributed by atoms with Gasteiger partial charge in [-0.2, -0.15) is 0 Å². The smallest absolute Gasteiger partial charge is 0.337 e. The standard InChI is InChI=1S/C13H18N2O2/c1-8(2)9-6-15(7-9)12-5-10(14)3-4-11(12)13(16)17/h3-5,8-9H,6-7,14H2,1-2H3,(H,16,17). The van der Waals surface area contributed by atoms with Crippen LogP contribution >= 0.6 is 0 Å². The van der Waals surface area contributed by atoms with Crippen molar-refractivity contribution in [2.24, 2.45) is 11.8 Å². The van der Waals surface area contributed by atoms with Crippen molar-refractivity contribution >= 4 is 17.3 Å². The summed E-state index contributed by atoms with van der Waals surface area (Å²) in [7, 11) is 0. The minimum atomic E-state index is -0.895. The van der Waals surface area contributed by atoms with Gasteiger partial charge in [0.05, 0.1) is 11.3 Å². The summed E-state index contributed by atoms with van der Waals surface area (Å²) in [4.78, 5) is 13.2. The summed E-state index contributed by atoms with van der Waals surface area (Å²) in [6, 6.07) is 4.96. The Hall–Kier alpha value is -1.71. The highest BCUT2D eigenvalue weighted by atomic mass is 16.4. The summed E-state index contributed by atoms with van der Waals surface area (Å²) >= 11 is 0. The van der Waals surface area contributed by atoms with Crippen LogP contribution in [-0.4, -0.2) is 24.2 Å². The Morgan fingerprint density at radius 1 is 1.47 bits per heavy atom. The van der Waals surface area contributed by atoms with Gasteiger partial charge in [-0.1, -0.05) is 13.8 Å². The van der Waals surface area contributed by atoms with E-state index in [2.05, 4.69) is 18.7 Å². The molecule has 0 radical (unpaired) electrons. The number of carboxylic acids is 1. The summed E-state index contributed by atoms with van der Waals surface area (Å²) < 4.78 is 0. The second kappa shape index (κ2) is 4.28. The lowest BCUT2D eigenvalue weighted by Gasteiger charge is -2.43. The SMILES string of the molecule is CC(C)C1CN(c2cc(N)ccc2C(=O)O)C1. The summed E-state index contributed by atoms with van der Waals surface area (Å²) in [6.07, 6.45) is 0. The molecule has 1 saturated heterocycles. The Morgan fingerprint density at radius 2 is 2.12 bits per heavy atom. The summed E-state index contributed by atoms with van der Waals surface area (Å²) in [6.45, 7) is 6.22. The van der Waals surface area contributed by atoms with Crippen molar-refractivity contribution in [1.82, 2.24) is 0 Å². The largest absolute Gasteiger partial charge is 0.478 e. The minimum absolute atomic E-state index is 0.335. The van der Waals surface area contributed by atoms with Crippen molar-refractivity contribution in [2.45, 2.75) is 13.8 Å². The maximum absolute atomic E-state index is 11.1. The maximum atomic E-state index is 11.1. The summed E-state index contributed by atoms with van der Waals surface area (Å²) in [5, 5.41) is 9.13. The van der Waals surface area contributed by atoms with Crippen molar-refractivity contribution in [2.75, 3.05) is 23.7 Å². The van der Waals surface area contributed by atoms with Crippen LogP contribution in [0, 0.1) is 11.8 Å². The number of rotatable bonds is 3. The van der Waals surface area contributed by atoms with Crippen LogP contribution in [0.25, 0.3) is 0 Å². The zero-order chi connectivity index (χ0) is 12.6. The fourth-order valence-electron chi connectivity index (χ4n) is 2.12. The van der Waals surface area contributed by atoms with E-state index in [4.69, 9.17) is 10.8 Å². The molecule has 4 nitrogen and oxygen atoms in total. The third kappa shape index (κ3) is 2.20. The van der Waals surface area contributed by atoms with Crippen LogP contribution in [0.1, 0.15) is 24.2 Å². The third-order valence-electron chi connectivity index (χ3n) is 3.45. The van der Waals surface area contributed by atoms with Crippen LogP contribution < -0.4 is 10.6 Å². The number of aromatic carboxylic acids is 1. The second-order valence-corrected chi connectivity index (χ2v) is 4.99. The number of anilines is 2. The number of nitrogens with two attached hydrogens (primary N) is 1. The highest BCUT2D eigenvalue weighted by Crippen LogP contribution is 2.32. The van der Waals surface area contributed by atoms with Crippen LogP contribution in [0.2, 0.25) is 0 Å².